The van der Waals surface area contributed by atoms with Gasteiger partial charge in [0.1, 0.15) is 11.3 Å². The summed E-state index contributed by atoms with van der Waals surface area (Å²) in [5, 5.41) is 8.82. The van der Waals surface area contributed by atoms with Crippen LogP contribution in [0.25, 0.3) is 33.4 Å². The molecule has 8 heterocycles. The van der Waals surface area contributed by atoms with E-state index in [2.05, 4.69) is 74.3 Å². The number of aromatic nitrogens is 10. The Morgan fingerprint density at radius 3 is 1.70 bits per heavy atom. The van der Waals surface area contributed by atoms with Crippen molar-refractivity contribution < 1.29 is 14.6 Å². The third-order valence-corrected chi connectivity index (χ3v) is 11.6. The number of fused-ring (bicyclic) bond motifs is 4. The van der Waals surface area contributed by atoms with Crippen molar-refractivity contribution in [2.45, 2.75) is 64.9 Å². The molecule has 0 aliphatic rings. The lowest BCUT2D eigenvalue weighted by Crippen LogP contribution is -2.29. The molecule has 16 heteroatoms. The molecule has 0 amide bonds. The Morgan fingerprint density at radius 1 is 0.551 bits per heavy atom. The number of nitrogens with zero attached hydrogens (tertiary/aromatic N) is 11. The Balaban J connectivity index is 0.000000156. The van der Waals surface area contributed by atoms with E-state index >= 15 is 0 Å². The molecule has 0 spiro atoms. The minimum Gasteiger partial charge on any atom is -0.481 e. The van der Waals surface area contributed by atoms with E-state index < -0.39 is 0 Å². The average Bonchev–Trinajstić information content (AvgIpc) is 4.02. The zero-order valence-electron chi connectivity index (χ0n) is 38.8. The second kappa shape index (κ2) is 23.6. The fourth-order valence-electron chi connectivity index (χ4n) is 8.07. The van der Waals surface area contributed by atoms with Crippen molar-refractivity contribution in [1.29, 1.82) is 0 Å². The highest BCUT2D eigenvalue weighted by Crippen LogP contribution is 2.17. The molecule has 16 nitrogen and oxygen atoms in total. The van der Waals surface area contributed by atoms with Gasteiger partial charge in [-0.05, 0) is 97.5 Å². The van der Waals surface area contributed by atoms with Crippen LogP contribution in [0.4, 0.5) is 0 Å². The summed E-state index contributed by atoms with van der Waals surface area (Å²) in [6.45, 7) is 3.56. The van der Waals surface area contributed by atoms with Gasteiger partial charge in [0.15, 0.2) is 0 Å². The number of ether oxygens (including phenoxy) is 2. The minimum atomic E-state index is -0.274. The summed E-state index contributed by atoms with van der Waals surface area (Å²) in [7, 11) is 3.27. The molecule has 10 aromatic rings. The van der Waals surface area contributed by atoms with Crippen molar-refractivity contribution in [2.24, 2.45) is 0 Å². The maximum atomic E-state index is 13.1. The first-order valence-electron chi connectivity index (χ1n) is 22.9. The molecule has 69 heavy (non-hydrogen) atoms. The van der Waals surface area contributed by atoms with E-state index in [-0.39, 0.29) is 17.7 Å². The zero-order valence-corrected chi connectivity index (χ0v) is 38.8. The van der Waals surface area contributed by atoms with Gasteiger partial charge >= 0.3 is 0 Å². The van der Waals surface area contributed by atoms with E-state index in [0.29, 0.717) is 47.3 Å². The van der Waals surface area contributed by atoms with Gasteiger partial charge in [-0.2, -0.15) is 0 Å². The molecule has 2 aromatic carbocycles. The van der Waals surface area contributed by atoms with Crippen LogP contribution in [0.2, 0.25) is 0 Å². The molecule has 0 fully saturated rings. The van der Waals surface area contributed by atoms with Gasteiger partial charge < -0.3 is 23.7 Å². The van der Waals surface area contributed by atoms with E-state index in [1.54, 1.807) is 61.6 Å². The Kier molecular flexibility index (Phi) is 16.2. The summed E-state index contributed by atoms with van der Waals surface area (Å²) in [5.41, 5.74) is 8.75. The second-order valence-corrected chi connectivity index (χ2v) is 16.3. The Hall–Kier alpha value is -8.08. The highest BCUT2D eigenvalue weighted by atomic mass is 16.5. The standard InChI is InChI=1S/C26H26N6O2.C18H21N3O.C9H8N2O2/c1-34-25-15-20(10-11-27-25)17-30(12-6-13-31-19-29-22-7-2-3-8-23(22)31)18-21-16-28-24-9-4-5-14-32(24)26(21)33;1-22-18-13-15(10-11-19-18)7-3-2-6-12-21-14-20-16-8-4-5-9-17(16)21;12-6-7-5-10-8-3-1-2-4-11(8)9(7)13/h2-5,7-11,14-16,19H,6,12-13,17-18H2,1H3;4-5,8-11,13-14H,2-3,6-7,12H2,1H3;1-5,12H,6H2. The second-order valence-electron chi connectivity index (χ2n) is 16.3. The molecule has 0 aliphatic heterocycles. The van der Waals surface area contributed by atoms with Gasteiger partial charge in [0, 0.05) is 82.0 Å². The summed E-state index contributed by atoms with van der Waals surface area (Å²) in [5.74, 6) is 1.28. The van der Waals surface area contributed by atoms with Crippen molar-refractivity contribution in [3.63, 3.8) is 0 Å². The van der Waals surface area contributed by atoms with E-state index in [0.717, 1.165) is 54.6 Å². The molecule has 0 unspecified atom stereocenters. The molecule has 0 saturated carbocycles. The monoisotopic (exact) mass is 925 g/mol. The molecule has 352 valence electrons. The lowest BCUT2D eigenvalue weighted by Gasteiger charge is -2.22. The first-order chi connectivity index (χ1) is 33.9. The van der Waals surface area contributed by atoms with Crippen molar-refractivity contribution in [3.8, 4) is 11.8 Å². The lowest BCUT2D eigenvalue weighted by molar-refractivity contribution is 0.247. The van der Waals surface area contributed by atoms with Gasteiger partial charge in [0.2, 0.25) is 11.8 Å². The van der Waals surface area contributed by atoms with Crippen molar-refractivity contribution in [1.82, 2.24) is 52.7 Å². The topological polar surface area (TPSA) is 172 Å². The highest BCUT2D eigenvalue weighted by molar-refractivity contribution is 5.75. The fraction of sp³-hybridized carbons (Fsp3) is 0.245. The fourth-order valence-corrected chi connectivity index (χ4v) is 8.07. The van der Waals surface area contributed by atoms with Crippen LogP contribution in [-0.4, -0.2) is 78.6 Å². The molecule has 1 N–H and O–H groups in total. The van der Waals surface area contributed by atoms with E-state index in [1.807, 2.05) is 79.5 Å². The van der Waals surface area contributed by atoms with Crippen LogP contribution < -0.4 is 20.6 Å². The van der Waals surface area contributed by atoms with Crippen LogP contribution in [-0.2, 0) is 39.2 Å². The first-order valence-corrected chi connectivity index (χ1v) is 22.9. The number of aliphatic hydroxyl groups is 1. The predicted molar refractivity (Wildman–Crippen MR) is 266 cm³/mol. The van der Waals surface area contributed by atoms with E-state index in [1.165, 1.54) is 40.9 Å². The number of rotatable bonds is 17. The van der Waals surface area contributed by atoms with Crippen LogP contribution in [0, 0.1) is 0 Å². The zero-order chi connectivity index (χ0) is 47.8. The van der Waals surface area contributed by atoms with Crippen molar-refractivity contribution >= 4 is 33.4 Å². The third-order valence-electron chi connectivity index (χ3n) is 11.6. The molecule has 0 bridgehead atoms. The first kappa shape index (κ1) is 47.4. The van der Waals surface area contributed by atoms with E-state index in [4.69, 9.17) is 14.6 Å². The number of methoxy groups -OCH3 is 2. The van der Waals surface area contributed by atoms with Gasteiger partial charge in [-0.15, -0.1) is 0 Å². The normalized spacial score (nSPS) is 11.1. The number of aliphatic hydroxyl groups excluding tert-OH is 1. The molecule has 0 aliphatic carbocycles. The van der Waals surface area contributed by atoms with Crippen molar-refractivity contribution in [2.75, 3.05) is 20.8 Å². The van der Waals surface area contributed by atoms with Gasteiger partial charge in [0.05, 0.1) is 66.7 Å². The van der Waals surface area contributed by atoms with Gasteiger partial charge in [-0.3, -0.25) is 23.3 Å². The number of para-hydroxylation sites is 4. The predicted octanol–water partition coefficient (Wildman–Crippen LogP) is 7.58. The quantitative estimate of drug-likeness (QED) is 0.0890. The number of pyridine rings is 4. The largest absolute Gasteiger partial charge is 0.481 e. The van der Waals surface area contributed by atoms with Crippen LogP contribution >= 0.6 is 0 Å². The van der Waals surface area contributed by atoms with E-state index in [9.17, 15) is 9.59 Å². The molecular formula is C53H55N11O5. The number of unbranched alkanes of at least 4 members (excludes halogenated alkanes) is 2. The van der Waals surface area contributed by atoms with Crippen LogP contribution in [0.15, 0.2) is 169 Å². The highest BCUT2D eigenvalue weighted by Gasteiger charge is 2.14. The molecular weight excluding hydrogens is 871 g/mol. The molecule has 0 atom stereocenters. The van der Waals surface area contributed by atoms with Crippen molar-refractivity contribution in [3.05, 3.63) is 202 Å². The van der Waals surface area contributed by atoms with Crippen LogP contribution in [0.1, 0.15) is 47.9 Å². The van der Waals surface area contributed by atoms with Gasteiger partial charge in [0.25, 0.3) is 11.1 Å². The molecule has 0 saturated heterocycles. The lowest BCUT2D eigenvalue weighted by atomic mass is 10.1. The molecule has 0 radical (unpaired) electrons. The third kappa shape index (κ3) is 12.3. The van der Waals surface area contributed by atoms with Gasteiger partial charge in [-0.1, -0.05) is 42.8 Å². The SMILES string of the molecule is COc1cc(CCCCCn2cnc3ccccc32)ccn1.COc1cc(CN(CCCn2cnc3ccccc32)Cc2cnc3ccccn3c2=O)ccn1.O=c1c(CO)cnc2ccccn12. The number of imidazole rings is 2. The van der Waals surface area contributed by atoms with Crippen LogP contribution in [0.5, 0.6) is 11.8 Å². The Bertz CT molecular complexity index is 3360. The smallest absolute Gasteiger partial charge is 0.263 e. The number of hydrogen-bond donors (Lipinski definition) is 1. The summed E-state index contributed by atoms with van der Waals surface area (Å²) < 4.78 is 17.9. The summed E-state index contributed by atoms with van der Waals surface area (Å²) in [4.78, 5) is 52.6. The Labute approximate surface area is 398 Å². The maximum absolute atomic E-state index is 13.1. The number of benzene rings is 2. The average molecular weight is 926 g/mol. The van der Waals surface area contributed by atoms with Gasteiger partial charge in [-0.25, -0.2) is 29.9 Å². The number of hydrogen-bond acceptors (Lipinski definition) is 12. The summed E-state index contributed by atoms with van der Waals surface area (Å²) >= 11 is 0. The maximum Gasteiger partial charge on any atom is 0.263 e. The Morgan fingerprint density at radius 2 is 1.09 bits per heavy atom. The van der Waals surface area contributed by atoms with Crippen LogP contribution in [0.3, 0.4) is 0 Å². The molecule has 8 aromatic heterocycles. The minimum absolute atomic E-state index is 0.0384. The number of aryl methyl sites for hydroxylation is 3. The summed E-state index contributed by atoms with van der Waals surface area (Å²) in [6, 6.07) is 35.3. The molecule has 10 rings (SSSR count). The summed E-state index contributed by atoms with van der Waals surface area (Å²) in [6.07, 6.45) is 19.4.